The van der Waals surface area contributed by atoms with Crippen molar-refractivity contribution < 1.29 is 4.79 Å². The van der Waals surface area contributed by atoms with Crippen molar-refractivity contribution in [3.05, 3.63) is 51.8 Å². The lowest BCUT2D eigenvalue weighted by atomic mass is 10.1. The predicted molar refractivity (Wildman–Crippen MR) is 102 cm³/mol. The van der Waals surface area contributed by atoms with Crippen molar-refractivity contribution in [2.45, 2.75) is 39.2 Å². The number of amides is 1. The van der Waals surface area contributed by atoms with Gasteiger partial charge >= 0.3 is 0 Å². The summed E-state index contributed by atoms with van der Waals surface area (Å²) < 4.78 is 1.32. The minimum atomic E-state index is -0.384. The van der Waals surface area contributed by atoms with Gasteiger partial charge in [0.15, 0.2) is 11.5 Å². The molecule has 0 bridgehead atoms. The van der Waals surface area contributed by atoms with Crippen LogP contribution in [0.2, 0.25) is 10.0 Å². The molecule has 0 fully saturated rings. The molecule has 2 heterocycles. The topological polar surface area (TPSA) is 101 Å². The third-order valence-electron chi connectivity index (χ3n) is 4.26. The van der Waals surface area contributed by atoms with Crippen LogP contribution in [0.15, 0.2) is 24.4 Å². The van der Waals surface area contributed by atoms with Gasteiger partial charge in [-0.1, -0.05) is 48.3 Å². The van der Waals surface area contributed by atoms with E-state index < -0.39 is 0 Å². The van der Waals surface area contributed by atoms with Crippen LogP contribution in [0.1, 0.15) is 61.3 Å². The van der Waals surface area contributed by atoms with Crippen molar-refractivity contribution in [3.63, 3.8) is 0 Å². The smallest absolute Gasteiger partial charge is 0.272 e. The molecule has 2 unspecified atom stereocenters. The van der Waals surface area contributed by atoms with Crippen molar-refractivity contribution in [1.82, 2.24) is 35.5 Å². The molecule has 142 valence electrons. The van der Waals surface area contributed by atoms with E-state index in [1.165, 1.54) is 10.9 Å². The second kappa shape index (κ2) is 8.06. The summed E-state index contributed by atoms with van der Waals surface area (Å²) >= 11 is 12.4. The average molecular weight is 408 g/mol. The van der Waals surface area contributed by atoms with Crippen LogP contribution < -0.4 is 5.32 Å². The van der Waals surface area contributed by atoms with Crippen LogP contribution in [0.4, 0.5) is 0 Å². The van der Waals surface area contributed by atoms with Crippen LogP contribution >= 0.6 is 23.2 Å². The van der Waals surface area contributed by atoms with Crippen LogP contribution in [-0.4, -0.2) is 36.1 Å². The van der Waals surface area contributed by atoms with E-state index in [0.717, 1.165) is 12.2 Å². The number of nitrogens with zero attached hydrogens (tertiary/aromatic N) is 5. The molecule has 8 nitrogen and oxygen atoms in total. The quantitative estimate of drug-likeness (QED) is 0.648. The fourth-order valence-electron chi connectivity index (χ4n) is 2.47. The van der Waals surface area contributed by atoms with Gasteiger partial charge in [-0.25, -0.2) is 9.67 Å². The molecule has 0 aliphatic heterocycles. The van der Waals surface area contributed by atoms with Gasteiger partial charge in [0, 0.05) is 5.92 Å². The molecule has 0 aliphatic rings. The maximum atomic E-state index is 12.7. The maximum Gasteiger partial charge on any atom is 0.272 e. The molecular weight excluding hydrogens is 389 g/mol. The first-order valence-corrected chi connectivity index (χ1v) is 9.26. The van der Waals surface area contributed by atoms with Crippen molar-refractivity contribution in [3.8, 4) is 5.69 Å². The Labute approximate surface area is 166 Å². The van der Waals surface area contributed by atoms with Crippen molar-refractivity contribution in [1.29, 1.82) is 0 Å². The highest BCUT2D eigenvalue weighted by Gasteiger charge is 2.22. The molecule has 10 heteroatoms. The third-order valence-corrected chi connectivity index (χ3v) is 4.87. The molecule has 0 saturated heterocycles. The molecule has 2 aromatic heterocycles. The zero-order valence-electron chi connectivity index (χ0n) is 15.1. The number of nitrogens with one attached hydrogen (secondary N) is 2. The Balaban J connectivity index is 1.82. The van der Waals surface area contributed by atoms with Crippen molar-refractivity contribution >= 4 is 29.1 Å². The Morgan fingerprint density at radius 1 is 1.30 bits per heavy atom. The van der Waals surface area contributed by atoms with Gasteiger partial charge in [-0.2, -0.15) is 5.10 Å². The summed E-state index contributed by atoms with van der Waals surface area (Å²) in [5.41, 5.74) is 0.605. The molecule has 27 heavy (non-hydrogen) atoms. The Kier molecular flexibility index (Phi) is 5.76. The SMILES string of the molecule is CCC(C)c1n[nH]c(C(C)NC(=O)c2cnnn2-c2c(Cl)cccc2Cl)n1. The normalized spacial score (nSPS) is 13.4. The molecule has 2 N–H and O–H groups in total. The fourth-order valence-corrected chi connectivity index (χ4v) is 3.03. The van der Waals surface area contributed by atoms with Crippen LogP contribution in [0, 0.1) is 0 Å². The number of aromatic amines is 1. The lowest BCUT2D eigenvalue weighted by molar-refractivity contribution is 0.0930. The molecular formula is C17H19Cl2N7O. The Morgan fingerprint density at radius 3 is 2.67 bits per heavy atom. The minimum Gasteiger partial charge on any atom is -0.341 e. The van der Waals surface area contributed by atoms with E-state index in [1.807, 2.05) is 13.8 Å². The number of hydrogen-bond acceptors (Lipinski definition) is 5. The largest absolute Gasteiger partial charge is 0.341 e. The molecule has 0 aliphatic carbocycles. The van der Waals surface area contributed by atoms with E-state index in [0.29, 0.717) is 21.6 Å². The van der Waals surface area contributed by atoms with Gasteiger partial charge in [0.1, 0.15) is 11.5 Å². The zero-order chi connectivity index (χ0) is 19.6. The van der Waals surface area contributed by atoms with Crippen LogP contribution in [0.3, 0.4) is 0 Å². The average Bonchev–Trinajstić information content (AvgIpc) is 3.30. The Bertz CT molecular complexity index is 932. The van der Waals surface area contributed by atoms with Gasteiger partial charge in [-0.3, -0.25) is 9.89 Å². The number of H-pyrrole nitrogens is 1. The first-order valence-electron chi connectivity index (χ1n) is 8.50. The highest BCUT2D eigenvalue weighted by Crippen LogP contribution is 2.28. The summed E-state index contributed by atoms with van der Waals surface area (Å²) in [6.45, 7) is 5.93. The van der Waals surface area contributed by atoms with Crippen LogP contribution in [-0.2, 0) is 0 Å². The van der Waals surface area contributed by atoms with Gasteiger partial charge < -0.3 is 5.32 Å². The standard InChI is InChI=1S/C17H19Cl2N7O/c1-4-9(2)15-22-16(24-23-15)10(3)21-17(27)13-8-20-25-26(13)14-11(18)6-5-7-12(14)19/h5-10H,4H2,1-3H3,(H,21,27)(H,22,23,24). The van der Waals surface area contributed by atoms with E-state index in [1.54, 1.807) is 18.2 Å². The summed E-state index contributed by atoms with van der Waals surface area (Å²) in [7, 11) is 0. The van der Waals surface area contributed by atoms with Crippen molar-refractivity contribution in [2.75, 3.05) is 0 Å². The molecule has 3 aromatic rings. The summed E-state index contributed by atoms with van der Waals surface area (Å²) in [6.07, 6.45) is 2.29. The molecule has 3 rings (SSSR count). The summed E-state index contributed by atoms with van der Waals surface area (Å²) in [5, 5.41) is 18.4. The van der Waals surface area contributed by atoms with E-state index >= 15 is 0 Å². The number of hydrogen-bond donors (Lipinski definition) is 2. The number of rotatable bonds is 6. The first-order chi connectivity index (χ1) is 12.9. The monoisotopic (exact) mass is 407 g/mol. The van der Waals surface area contributed by atoms with E-state index in [-0.39, 0.29) is 23.6 Å². The Hall–Kier alpha value is -2.45. The zero-order valence-corrected chi connectivity index (χ0v) is 16.6. The van der Waals surface area contributed by atoms with Gasteiger partial charge in [-0.15, -0.1) is 5.10 Å². The highest BCUT2D eigenvalue weighted by molar-refractivity contribution is 6.37. The van der Waals surface area contributed by atoms with Gasteiger partial charge in [0.05, 0.1) is 22.3 Å². The number of carbonyl (C=O) groups excluding carboxylic acids is 1. The molecule has 0 spiro atoms. The van der Waals surface area contributed by atoms with Gasteiger partial charge in [0.2, 0.25) is 0 Å². The second-order valence-electron chi connectivity index (χ2n) is 6.18. The number of halogens is 2. The van der Waals surface area contributed by atoms with E-state index in [4.69, 9.17) is 23.2 Å². The Morgan fingerprint density at radius 2 is 2.00 bits per heavy atom. The predicted octanol–water partition coefficient (Wildman–Crippen LogP) is 3.70. The van der Waals surface area contributed by atoms with E-state index in [9.17, 15) is 4.79 Å². The van der Waals surface area contributed by atoms with Gasteiger partial charge in [-0.05, 0) is 25.5 Å². The second-order valence-corrected chi connectivity index (χ2v) is 7.00. The summed E-state index contributed by atoms with van der Waals surface area (Å²) in [5.74, 6) is 1.16. The van der Waals surface area contributed by atoms with Crippen molar-refractivity contribution in [2.24, 2.45) is 0 Å². The minimum absolute atomic E-state index is 0.207. The maximum absolute atomic E-state index is 12.7. The molecule has 0 radical (unpaired) electrons. The van der Waals surface area contributed by atoms with Crippen LogP contribution in [0.5, 0.6) is 0 Å². The molecule has 1 amide bonds. The lowest BCUT2D eigenvalue weighted by Crippen LogP contribution is -2.29. The highest BCUT2D eigenvalue weighted by atomic mass is 35.5. The summed E-state index contributed by atoms with van der Waals surface area (Å²) in [4.78, 5) is 17.2. The number of aromatic nitrogens is 6. The molecule has 2 atom stereocenters. The summed E-state index contributed by atoms with van der Waals surface area (Å²) in [6, 6.07) is 4.67. The number of carbonyl (C=O) groups is 1. The molecule has 0 saturated carbocycles. The van der Waals surface area contributed by atoms with Gasteiger partial charge in [0.25, 0.3) is 5.91 Å². The third kappa shape index (κ3) is 3.96. The van der Waals surface area contributed by atoms with E-state index in [2.05, 4.69) is 37.7 Å². The van der Waals surface area contributed by atoms with Crippen LogP contribution in [0.25, 0.3) is 5.69 Å². The number of benzene rings is 1. The molecule has 1 aromatic carbocycles. The number of para-hydroxylation sites is 1. The fraction of sp³-hybridized carbons (Fsp3) is 0.353. The lowest BCUT2D eigenvalue weighted by Gasteiger charge is -2.13. The first kappa shape index (κ1) is 19.3.